The lowest BCUT2D eigenvalue weighted by atomic mass is 9.44. The van der Waals surface area contributed by atoms with Crippen molar-refractivity contribution in [2.75, 3.05) is 13.2 Å². The molecule has 6 aliphatic rings. The molecule has 52 heavy (non-hydrogen) atoms. The van der Waals surface area contributed by atoms with Gasteiger partial charge in [-0.1, -0.05) is 54.4 Å². The third-order valence-corrected chi connectivity index (χ3v) is 16.1. The van der Waals surface area contributed by atoms with Crippen molar-refractivity contribution >= 4 is 0 Å². The van der Waals surface area contributed by atoms with E-state index in [9.17, 15) is 35.7 Å². The van der Waals surface area contributed by atoms with Crippen molar-refractivity contribution in [3.63, 3.8) is 0 Å². The Balaban J connectivity index is 1.05. The number of hydrogen-bond donors (Lipinski definition) is 7. The molecule has 2 heterocycles. The van der Waals surface area contributed by atoms with E-state index in [-0.39, 0.29) is 11.5 Å². The summed E-state index contributed by atoms with van der Waals surface area (Å²) in [6, 6.07) is 0. The maximum atomic E-state index is 11.2. The number of rotatable bonds is 12. The quantitative estimate of drug-likeness (QED) is 0.145. The van der Waals surface area contributed by atoms with Crippen LogP contribution in [0.5, 0.6) is 0 Å². The van der Waals surface area contributed by atoms with Crippen LogP contribution in [-0.2, 0) is 18.9 Å². The van der Waals surface area contributed by atoms with Gasteiger partial charge in [-0.2, -0.15) is 0 Å². The molecular weight excluding hydrogens is 668 g/mol. The molecule has 0 aromatic heterocycles. The van der Waals surface area contributed by atoms with Crippen LogP contribution >= 0.6 is 0 Å². The van der Waals surface area contributed by atoms with Gasteiger partial charge in [-0.15, -0.1) is 0 Å². The zero-order chi connectivity index (χ0) is 37.7. The fourth-order valence-corrected chi connectivity index (χ4v) is 12.9. The van der Waals surface area contributed by atoms with Crippen LogP contribution in [0, 0.1) is 58.2 Å². The highest BCUT2D eigenvalue weighted by Gasteiger charge is 2.61. The predicted molar refractivity (Wildman–Crippen MR) is 194 cm³/mol. The Hall–Kier alpha value is -0.440. The summed E-state index contributed by atoms with van der Waals surface area (Å²) < 4.78 is 23.6. The topological polar surface area (TPSA) is 179 Å². The summed E-state index contributed by atoms with van der Waals surface area (Å²) in [5.74, 6) is 6.06. The first-order chi connectivity index (χ1) is 24.7. The van der Waals surface area contributed by atoms with Crippen molar-refractivity contribution in [3.8, 4) is 0 Å². The second-order valence-electron chi connectivity index (χ2n) is 18.9. The molecule has 6 fully saturated rings. The Morgan fingerprint density at radius 3 is 1.98 bits per heavy atom. The molecule has 0 radical (unpaired) electrons. The van der Waals surface area contributed by atoms with E-state index in [4.69, 9.17) is 18.9 Å². The summed E-state index contributed by atoms with van der Waals surface area (Å²) in [7, 11) is 0. The number of aliphatic hydroxyl groups excluding tert-OH is 7. The monoisotopic (exact) mass is 741 g/mol. The molecular formula is C41H72O11. The summed E-state index contributed by atoms with van der Waals surface area (Å²) in [6.45, 7) is 13.7. The standard InChI is InChI=1S/C41H72O11/c1-7-23(21(2)3)9-8-22(4)27-12-13-28-26-11-10-24-18-25(14-16-40(24,5)29(26)15-17-41(27,28)6)49-38-36(48)34(46)37(31(20-43)51-38)52-39-35(47)33(45)32(44)30(19-42)50-39/h21-39,42-48H,7-20H2,1-6H3/t22-,23?,24?,25+,26+,27-,28+,29+,30-,31-,32-,33+,34-,35-,36-,37-,38-,39+,40+,41-/m1/s1. The lowest BCUT2D eigenvalue weighted by Gasteiger charge is -2.61. The van der Waals surface area contributed by atoms with Crippen LogP contribution in [0.3, 0.4) is 0 Å². The third kappa shape index (κ3) is 7.53. The molecule has 6 rings (SSSR count). The molecule has 0 spiro atoms. The number of hydrogen-bond acceptors (Lipinski definition) is 11. The third-order valence-electron chi connectivity index (χ3n) is 16.1. The minimum Gasteiger partial charge on any atom is -0.394 e. The van der Waals surface area contributed by atoms with Gasteiger partial charge in [0.05, 0.1) is 19.3 Å². The van der Waals surface area contributed by atoms with Crippen molar-refractivity contribution < 1.29 is 54.7 Å². The molecule has 2 aliphatic heterocycles. The van der Waals surface area contributed by atoms with E-state index < -0.39 is 74.6 Å². The first-order valence-electron chi connectivity index (χ1n) is 20.9. The predicted octanol–water partition coefficient (Wildman–Crippen LogP) is 3.75. The molecule has 7 N–H and O–H groups in total. The SMILES string of the molecule is CCC(CC[C@@H](C)[C@H]1CC[C@H]2[C@@H]3CCC4C[C@@H](O[C@@H]5O[C@H](CO)[C@@H](O[C@@H]6O[C@H](CO)[C@@H](O)[C@H](O)[C@H]6O)[C@H](O)[C@H]5O)CC[C@]4(C)[C@H]3CC[C@]12C)C(C)C. The number of ether oxygens (including phenoxy) is 4. The minimum atomic E-state index is -1.70. The highest BCUT2D eigenvalue weighted by Crippen LogP contribution is 2.68. The van der Waals surface area contributed by atoms with Crippen LogP contribution < -0.4 is 0 Å². The van der Waals surface area contributed by atoms with Crippen LogP contribution in [0.15, 0.2) is 0 Å². The Morgan fingerprint density at radius 1 is 0.673 bits per heavy atom. The summed E-state index contributed by atoms with van der Waals surface area (Å²) in [4.78, 5) is 0. The zero-order valence-electron chi connectivity index (χ0n) is 32.6. The molecule has 2 unspecified atom stereocenters. The van der Waals surface area contributed by atoms with Crippen LogP contribution in [0.1, 0.15) is 119 Å². The van der Waals surface area contributed by atoms with E-state index >= 15 is 0 Å². The van der Waals surface area contributed by atoms with E-state index in [1.807, 2.05) is 0 Å². The molecule has 0 amide bonds. The first-order valence-corrected chi connectivity index (χ1v) is 20.9. The van der Waals surface area contributed by atoms with Crippen LogP contribution in [0.25, 0.3) is 0 Å². The summed E-state index contributed by atoms with van der Waals surface area (Å²) in [5, 5.41) is 72.8. The second-order valence-corrected chi connectivity index (χ2v) is 18.9. The van der Waals surface area contributed by atoms with Gasteiger partial charge in [-0.25, -0.2) is 0 Å². The van der Waals surface area contributed by atoms with Crippen molar-refractivity contribution in [1.82, 2.24) is 0 Å². The summed E-state index contributed by atoms with van der Waals surface area (Å²) in [6.07, 6.45) is 0.0553. The normalized spacial score (nSPS) is 50.7. The van der Waals surface area contributed by atoms with Gasteiger partial charge in [0.15, 0.2) is 12.6 Å². The average Bonchev–Trinajstić information content (AvgIpc) is 3.48. The molecule has 302 valence electrons. The fraction of sp³-hybridized carbons (Fsp3) is 1.00. The molecule has 2 saturated heterocycles. The summed E-state index contributed by atoms with van der Waals surface area (Å²) >= 11 is 0. The fourth-order valence-electron chi connectivity index (χ4n) is 12.9. The van der Waals surface area contributed by atoms with Crippen molar-refractivity contribution in [2.45, 2.75) is 186 Å². The van der Waals surface area contributed by atoms with Crippen molar-refractivity contribution in [2.24, 2.45) is 58.2 Å². The van der Waals surface area contributed by atoms with Gasteiger partial charge in [-0.05, 0) is 122 Å². The number of aliphatic hydroxyl groups is 7. The zero-order valence-corrected chi connectivity index (χ0v) is 32.6. The van der Waals surface area contributed by atoms with Crippen molar-refractivity contribution in [3.05, 3.63) is 0 Å². The van der Waals surface area contributed by atoms with Gasteiger partial charge < -0.3 is 54.7 Å². The molecule has 11 heteroatoms. The molecule has 4 aliphatic carbocycles. The Morgan fingerprint density at radius 2 is 1.31 bits per heavy atom. The average molecular weight is 741 g/mol. The minimum absolute atomic E-state index is 0.160. The molecule has 20 atom stereocenters. The Kier molecular flexibility index (Phi) is 13.1. The van der Waals surface area contributed by atoms with E-state index in [0.29, 0.717) is 11.3 Å². The highest BCUT2D eigenvalue weighted by molar-refractivity contribution is 5.10. The van der Waals surface area contributed by atoms with Crippen LogP contribution in [0.2, 0.25) is 0 Å². The van der Waals surface area contributed by atoms with E-state index in [2.05, 4.69) is 41.5 Å². The Labute approximate surface area is 311 Å². The largest absolute Gasteiger partial charge is 0.394 e. The Bertz CT molecular complexity index is 1150. The lowest BCUT2D eigenvalue weighted by Crippen LogP contribution is -2.65. The van der Waals surface area contributed by atoms with Gasteiger partial charge in [0.2, 0.25) is 0 Å². The van der Waals surface area contributed by atoms with Crippen molar-refractivity contribution in [1.29, 1.82) is 0 Å². The van der Waals surface area contributed by atoms with E-state index in [1.54, 1.807) is 0 Å². The van der Waals surface area contributed by atoms with E-state index in [1.165, 1.54) is 57.8 Å². The molecule has 11 nitrogen and oxygen atoms in total. The van der Waals surface area contributed by atoms with Gasteiger partial charge in [0.25, 0.3) is 0 Å². The smallest absolute Gasteiger partial charge is 0.187 e. The second kappa shape index (κ2) is 16.6. The summed E-state index contributed by atoms with van der Waals surface area (Å²) in [5.41, 5.74) is 0.704. The van der Waals surface area contributed by atoms with Gasteiger partial charge >= 0.3 is 0 Å². The van der Waals surface area contributed by atoms with Crippen LogP contribution in [-0.4, -0.2) is 116 Å². The van der Waals surface area contributed by atoms with Gasteiger partial charge in [0.1, 0.15) is 48.8 Å². The van der Waals surface area contributed by atoms with Gasteiger partial charge in [-0.3, -0.25) is 0 Å². The van der Waals surface area contributed by atoms with E-state index in [0.717, 1.165) is 60.7 Å². The maximum absolute atomic E-state index is 11.2. The molecule has 0 aromatic rings. The highest BCUT2D eigenvalue weighted by atomic mass is 16.7. The lowest BCUT2D eigenvalue weighted by molar-refractivity contribution is -0.364. The number of fused-ring (bicyclic) bond motifs is 5. The molecule has 0 bridgehead atoms. The maximum Gasteiger partial charge on any atom is 0.187 e. The first kappa shape index (κ1) is 41.2. The van der Waals surface area contributed by atoms with Crippen LogP contribution in [0.4, 0.5) is 0 Å². The van der Waals surface area contributed by atoms with Gasteiger partial charge in [0, 0.05) is 0 Å². The molecule has 0 aromatic carbocycles. The molecule has 4 saturated carbocycles.